The van der Waals surface area contributed by atoms with E-state index in [0.717, 1.165) is 11.1 Å². The highest BCUT2D eigenvalue weighted by Crippen LogP contribution is 2.32. The summed E-state index contributed by atoms with van der Waals surface area (Å²) in [7, 11) is 0. The summed E-state index contributed by atoms with van der Waals surface area (Å²) in [6, 6.07) is 16.4. The van der Waals surface area contributed by atoms with Gasteiger partial charge in [0.2, 0.25) is 0 Å². The lowest BCUT2D eigenvalue weighted by Crippen LogP contribution is -2.02. The summed E-state index contributed by atoms with van der Waals surface area (Å²) in [4.78, 5) is -0.0417. The Kier molecular flexibility index (Phi) is 4.31. The molecule has 0 aromatic heterocycles. The molecule has 2 aromatic rings. The van der Waals surface area contributed by atoms with E-state index in [9.17, 15) is 8.78 Å². The van der Waals surface area contributed by atoms with Gasteiger partial charge in [-0.2, -0.15) is 8.78 Å². The summed E-state index contributed by atoms with van der Waals surface area (Å²) in [6.45, 7) is -2.80. The first-order valence-corrected chi connectivity index (χ1v) is 6.32. The van der Waals surface area contributed by atoms with Crippen molar-refractivity contribution in [3.8, 4) is 5.75 Å². The van der Waals surface area contributed by atoms with Crippen molar-refractivity contribution in [2.45, 2.75) is 11.4 Å². The van der Waals surface area contributed by atoms with Gasteiger partial charge in [0, 0.05) is 0 Å². The smallest absolute Gasteiger partial charge is 0.387 e. The van der Waals surface area contributed by atoms with Crippen molar-refractivity contribution >= 4 is 15.9 Å². The van der Waals surface area contributed by atoms with Gasteiger partial charge in [-0.05, 0) is 23.3 Å². The van der Waals surface area contributed by atoms with Gasteiger partial charge in [-0.15, -0.1) is 0 Å². The SMILES string of the molecule is FC(F)Oc1cccc(C(Br)c2ccccc2)c1. The minimum Gasteiger partial charge on any atom is -0.435 e. The molecule has 1 unspecified atom stereocenters. The summed E-state index contributed by atoms with van der Waals surface area (Å²) < 4.78 is 28.7. The van der Waals surface area contributed by atoms with E-state index in [4.69, 9.17) is 0 Å². The molecule has 4 heteroatoms. The Morgan fingerprint density at radius 3 is 2.22 bits per heavy atom. The zero-order chi connectivity index (χ0) is 13.0. The minimum absolute atomic E-state index is 0.0417. The van der Waals surface area contributed by atoms with E-state index >= 15 is 0 Å². The summed E-state index contributed by atoms with van der Waals surface area (Å²) in [5, 5.41) is 0. The van der Waals surface area contributed by atoms with Gasteiger partial charge < -0.3 is 4.74 Å². The third-order valence-electron chi connectivity index (χ3n) is 2.47. The maximum absolute atomic E-state index is 12.1. The molecule has 1 atom stereocenters. The summed E-state index contributed by atoms with van der Waals surface area (Å²) >= 11 is 3.55. The molecule has 0 aliphatic rings. The molecule has 0 N–H and O–H groups in total. The highest BCUT2D eigenvalue weighted by Gasteiger charge is 2.11. The van der Waals surface area contributed by atoms with Gasteiger partial charge in [0.05, 0.1) is 4.83 Å². The predicted octanol–water partition coefficient (Wildman–Crippen LogP) is 4.77. The normalized spacial score (nSPS) is 12.4. The van der Waals surface area contributed by atoms with Crippen LogP contribution < -0.4 is 4.74 Å². The molecule has 94 valence electrons. The molecule has 0 fully saturated rings. The Labute approximate surface area is 113 Å². The molecule has 0 aliphatic heterocycles. The molecule has 0 heterocycles. The number of hydrogen-bond acceptors (Lipinski definition) is 1. The second-order valence-electron chi connectivity index (χ2n) is 3.72. The molecule has 0 saturated carbocycles. The van der Waals surface area contributed by atoms with Gasteiger partial charge in [-0.1, -0.05) is 58.4 Å². The molecule has 0 radical (unpaired) electrons. The van der Waals surface area contributed by atoms with Gasteiger partial charge in [0.25, 0.3) is 0 Å². The lowest BCUT2D eigenvalue weighted by molar-refractivity contribution is -0.0498. The number of benzene rings is 2. The molecule has 0 amide bonds. The maximum Gasteiger partial charge on any atom is 0.387 e. The van der Waals surface area contributed by atoms with Crippen LogP contribution in [-0.2, 0) is 0 Å². The van der Waals surface area contributed by atoms with Crippen molar-refractivity contribution in [1.82, 2.24) is 0 Å². The van der Waals surface area contributed by atoms with E-state index < -0.39 is 6.61 Å². The van der Waals surface area contributed by atoms with Crippen LogP contribution in [0.2, 0.25) is 0 Å². The molecule has 2 rings (SSSR count). The van der Waals surface area contributed by atoms with Crippen LogP contribution in [0.15, 0.2) is 54.6 Å². The first kappa shape index (κ1) is 13.0. The zero-order valence-electron chi connectivity index (χ0n) is 9.39. The largest absolute Gasteiger partial charge is 0.435 e. The zero-order valence-corrected chi connectivity index (χ0v) is 11.0. The molecular formula is C14H11BrF2O. The molecule has 1 nitrogen and oxygen atoms in total. The Hall–Kier alpha value is -1.42. The lowest BCUT2D eigenvalue weighted by atomic mass is 10.0. The molecule has 0 aliphatic carbocycles. The van der Waals surface area contributed by atoms with Crippen LogP contribution in [0, 0.1) is 0 Å². The number of rotatable bonds is 4. The first-order valence-electron chi connectivity index (χ1n) is 5.40. The molecule has 0 saturated heterocycles. The third kappa shape index (κ3) is 3.29. The van der Waals surface area contributed by atoms with Gasteiger partial charge >= 0.3 is 6.61 Å². The van der Waals surface area contributed by atoms with Gasteiger partial charge in [0.1, 0.15) is 5.75 Å². The van der Waals surface area contributed by atoms with Gasteiger partial charge in [0.15, 0.2) is 0 Å². The fraction of sp³-hybridized carbons (Fsp3) is 0.143. The van der Waals surface area contributed by atoms with Crippen molar-refractivity contribution < 1.29 is 13.5 Å². The number of alkyl halides is 3. The molecule has 0 bridgehead atoms. The van der Waals surface area contributed by atoms with Crippen molar-refractivity contribution in [3.63, 3.8) is 0 Å². The summed E-state index contributed by atoms with van der Waals surface area (Å²) in [5.41, 5.74) is 1.94. The van der Waals surface area contributed by atoms with Gasteiger partial charge in [-0.3, -0.25) is 0 Å². The highest BCUT2D eigenvalue weighted by molar-refractivity contribution is 9.09. The molecular weight excluding hydrogens is 302 g/mol. The van der Waals surface area contributed by atoms with Crippen LogP contribution >= 0.6 is 15.9 Å². The van der Waals surface area contributed by atoms with Crippen LogP contribution in [0.25, 0.3) is 0 Å². The fourth-order valence-corrected chi connectivity index (χ4v) is 2.25. The van der Waals surface area contributed by atoms with Crippen molar-refractivity contribution in [3.05, 3.63) is 65.7 Å². The highest BCUT2D eigenvalue weighted by atomic mass is 79.9. The predicted molar refractivity (Wildman–Crippen MR) is 70.3 cm³/mol. The van der Waals surface area contributed by atoms with Crippen LogP contribution in [-0.4, -0.2) is 6.61 Å². The lowest BCUT2D eigenvalue weighted by Gasteiger charge is -2.12. The van der Waals surface area contributed by atoms with Gasteiger partial charge in [-0.25, -0.2) is 0 Å². The topological polar surface area (TPSA) is 9.23 Å². The van der Waals surface area contributed by atoms with E-state index in [1.54, 1.807) is 12.1 Å². The maximum atomic E-state index is 12.1. The summed E-state index contributed by atoms with van der Waals surface area (Å²) in [5.74, 6) is 0.169. The first-order chi connectivity index (χ1) is 8.66. The van der Waals surface area contributed by atoms with Crippen molar-refractivity contribution in [2.75, 3.05) is 0 Å². The average Bonchev–Trinajstić information content (AvgIpc) is 2.38. The van der Waals surface area contributed by atoms with Crippen LogP contribution in [0.3, 0.4) is 0 Å². The van der Waals surface area contributed by atoms with E-state index in [0.29, 0.717) is 0 Å². The van der Waals surface area contributed by atoms with E-state index in [2.05, 4.69) is 20.7 Å². The average molecular weight is 313 g/mol. The standard InChI is InChI=1S/C14H11BrF2O/c15-13(10-5-2-1-3-6-10)11-7-4-8-12(9-11)18-14(16)17/h1-9,13-14H. The Morgan fingerprint density at radius 1 is 0.889 bits per heavy atom. The Morgan fingerprint density at radius 2 is 1.56 bits per heavy atom. The van der Waals surface area contributed by atoms with Crippen LogP contribution in [0.4, 0.5) is 8.78 Å². The second-order valence-corrected chi connectivity index (χ2v) is 4.64. The minimum atomic E-state index is -2.80. The third-order valence-corrected chi connectivity index (χ3v) is 3.53. The second kappa shape index (κ2) is 5.96. The number of ether oxygens (including phenoxy) is 1. The Bertz CT molecular complexity index is 502. The van der Waals surface area contributed by atoms with E-state index in [-0.39, 0.29) is 10.6 Å². The van der Waals surface area contributed by atoms with E-state index in [1.807, 2.05) is 36.4 Å². The molecule has 2 aromatic carbocycles. The fourth-order valence-electron chi connectivity index (χ4n) is 1.66. The molecule has 0 spiro atoms. The quantitative estimate of drug-likeness (QED) is 0.739. The van der Waals surface area contributed by atoms with Crippen LogP contribution in [0.1, 0.15) is 16.0 Å². The van der Waals surface area contributed by atoms with Crippen molar-refractivity contribution in [2.24, 2.45) is 0 Å². The number of hydrogen-bond donors (Lipinski definition) is 0. The van der Waals surface area contributed by atoms with E-state index in [1.165, 1.54) is 6.07 Å². The van der Waals surface area contributed by atoms with Crippen LogP contribution in [0.5, 0.6) is 5.75 Å². The monoisotopic (exact) mass is 312 g/mol. The number of halogens is 3. The Balaban J connectivity index is 2.23. The van der Waals surface area contributed by atoms with Crippen molar-refractivity contribution in [1.29, 1.82) is 0 Å². The summed E-state index contributed by atoms with van der Waals surface area (Å²) in [6.07, 6.45) is 0. The molecule has 18 heavy (non-hydrogen) atoms.